The van der Waals surface area contributed by atoms with Gasteiger partial charge in [-0.2, -0.15) is 4.31 Å². The average molecular weight is 383 g/mol. The van der Waals surface area contributed by atoms with Crippen molar-refractivity contribution >= 4 is 32.4 Å². The van der Waals surface area contributed by atoms with Crippen molar-refractivity contribution in [3.63, 3.8) is 0 Å². The summed E-state index contributed by atoms with van der Waals surface area (Å²) in [4.78, 5) is 20.2. The van der Waals surface area contributed by atoms with E-state index in [1.165, 1.54) is 15.6 Å². The van der Waals surface area contributed by atoms with Gasteiger partial charge in [-0.1, -0.05) is 19.8 Å². The molecule has 9 heteroatoms. The summed E-state index contributed by atoms with van der Waals surface area (Å²) in [5, 5.41) is 5.13. The van der Waals surface area contributed by atoms with Gasteiger partial charge in [0, 0.05) is 18.1 Å². The van der Waals surface area contributed by atoms with Crippen LogP contribution in [0.4, 0.5) is 5.13 Å². The van der Waals surface area contributed by atoms with Crippen LogP contribution >= 0.6 is 11.3 Å². The molecule has 1 amide bonds. The Kier molecular flexibility index (Phi) is 5.55. The molecule has 1 fully saturated rings. The lowest BCUT2D eigenvalue weighted by molar-refractivity contribution is -0.119. The molecule has 3 rings (SSSR count). The van der Waals surface area contributed by atoms with E-state index in [9.17, 15) is 13.2 Å². The lowest BCUT2D eigenvalue weighted by Crippen LogP contribution is -2.44. The molecule has 1 saturated heterocycles. The molecule has 1 aliphatic rings. The number of nitrogens with zero attached hydrogens (tertiary/aromatic N) is 2. The van der Waals surface area contributed by atoms with Crippen LogP contribution in [0.2, 0.25) is 0 Å². The molecule has 0 aromatic carbocycles. The van der Waals surface area contributed by atoms with Crippen LogP contribution in [0.25, 0.3) is 11.4 Å². The first-order valence-corrected chi connectivity index (χ1v) is 10.9. The van der Waals surface area contributed by atoms with E-state index in [2.05, 4.69) is 15.3 Å². The van der Waals surface area contributed by atoms with E-state index in [0.717, 1.165) is 24.2 Å². The highest BCUT2D eigenvalue weighted by atomic mass is 32.2. The number of anilines is 1. The fraction of sp³-hybridized carbons (Fsp3) is 0.500. The number of carbonyl (C=O) groups is 1. The van der Waals surface area contributed by atoms with Gasteiger partial charge in [-0.3, -0.25) is 4.79 Å². The monoisotopic (exact) mass is 382 g/mol. The maximum absolute atomic E-state index is 12.7. The van der Waals surface area contributed by atoms with E-state index in [4.69, 9.17) is 0 Å². The van der Waals surface area contributed by atoms with Crippen LogP contribution in [0.3, 0.4) is 0 Å². The molecular formula is C16H22N4O3S2. The molecule has 2 N–H and O–H groups in total. The van der Waals surface area contributed by atoms with E-state index in [0.29, 0.717) is 24.5 Å². The lowest BCUT2D eigenvalue weighted by Gasteiger charge is -2.25. The quantitative estimate of drug-likeness (QED) is 0.770. The number of sulfonamides is 1. The first kappa shape index (κ1) is 18.1. The summed E-state index contributed by atoms with van der Waals surface area (Å²) in [6.07, 6.45) is 4.62. The number of hydrogen-bond donors (Lipinski definition) is 2. The molecule has 0 spiro atoms. The standard InChI is InChI=1S/C16H22N4O3S2/c1-2-3-7-14(20-9-5-10-25(20,22)23)15(21)19-16-18-13(11-24-16)12-6-4-8-17-12/h4,6,8,11,14,17H,2-3,5,7,9-10H2,1H3,(H,18,19,21). The first-order valence-electron chi connectivity index (χ1n) is 8.41. The summed E-state index contributed by atoms with van der Waals surface area (Å²) in [5.74, 6) is -0.178. The van der Waals surface area contributed by atoms with E-state index in [-0.39, 0.29) is 11.7 Å². The lowest BCUT2D eigenvalue weighted by atomic mass is 10.1. The average Bonchev–Trinajstić information content (AvgIpc) is 3.29. The Hall–Kier alpha value is -1.71. The van der Waals surface area contributed by atoms with Crippen molar-refractivity contribution in [1.82, 2.24) is 14.3 Å². The van der Waals surface area contributed by atoms with Gasteiger partial charge in [0.25, 0.3) is 0 Å². The smallest absolute Gasteiger partial charge is 0.244 e. The number of thiazole rings is 1. The molecule has 1 atom stereocenters. The summed E-state index contributed by atoms with van der Waals surface area (Å²) in [6.45, 7) is 2.44. The number of rotatable bonds is 7. The van der Waals surface area contributed by atoms with E-state index >= 15 is 0 Å². The van der Waals surface area contributed by atoms with E-state index in [1.54, 1.807) is 0 Å². The number of amides is 1. The van der Waals surface area contributed by atoms with Crippen LogP contribution in [0.1, 0.15) is 32.6 Å². The van der Waals surface area contributed by atoms with Crippen LogP contribution in [0.15, 0.2) is 23.7 Å². The zero-order valence-corrected chi connectivity index (χ0v) is 15.7. The molecular weight excluding hydrogens is 360 g/mol. The second kappa shape index (κ2) is 7.67. The van der Waals surface area contributed by atoms with Crippen molar-refractivity contribution in [2.75, 3.05) is 17.6 Å². The molecule has 25 heavy (non-hydrogen) atoms. The summed E-state index contributed by atoms with van der Waals surface area (Å²) in [5.41, 5.74) is 1.63. The SMILES string of the molecule is CCCCC(C(=O)Nc1nc(-c2ccc[nH]2)cs1)N1CCCS1(=O)=O. The second-order valence-electron chi connectivity index (χ2n) is 6.05. The minimum atomic E-state index is -3.33. The molecule has 7 nitrogen and oxygen atoms in total. The van der Waals surface area contributed by atoms with Gasteiger partial charge in [-0.25, -0.2) is 13.4 Å². The minimum absolute atomic E-state index is 0.122. The van der Waals surface area contributed by atoms with Crippen molar-refractivity contribution in [2.24, 2.45) is 0 Å². The molecule has 136 valence electrons. The van der Waals surface area contributed by atoms with Gasteiger partial charge < -0.3 is 10.3 Å². The summed E-state index contributed by atoms with van der Waals surface area (Å²) < 4.78 is 25.8. The molecule has 0 radical (unpaired) electrons. The molecule has 2 aromatic heterocycles. The number of carbonyl (C=O) groups excluding carboxylic acids is 1. The summed E-state index contributed by atoms with van der Waals surface area (Å²) in [7, 11) is -3.33. The number of nitrogens with one attached hydrogen (secondary N) is 2. The van der Waals surface area contributed by atoms with Gasteiger partial charge in [0.15, 0.2) is 5.13 Å². The Morgan fingerprint density at radius 2 is 2.36 bits per heavy atom. The molecule has 0 aliphatic carbocycles. The molecule has 0 bridgehead atoms. The first-order chi connectivity index (χ1) is 12.0. The van der Waals surface area contributed by atoms with Crippen LogP contribution in [-0.2, 0) is 14.8 Å². The zero-order chi connectivity index (χ0) is 17.9. The molecule has 3 heterocycles. The normalized spacial score (nSPS) is 18.3. The van der Waals surface area contributed by atoms with E-state index < -0.39 is 16.1 Å². The molecule has 0 saturated carbocycles. The summed E-state index contributed by atoms with van der Waals surface area (Å²) >= 11 is 1.33. The van der Waals surface area contributed by atoms with Gasteiger partial charge >= 0.3 is 0 Å². The molecule has 1 unspecified atom stereocenters. The molecule has 1 aliphatic heterocycles. The second-order valence-corrected chi connectivity index (χ2v) is 8.95. The number of aromatic amines is 1. The van der Waals surface area contributed by atoms with E-state index in [1.807, 2.05) is 30.6 Å². The zero-order valence-electron chi connectivity index (χ0n) is 14.1. The minimum Gasteiger partial charge on any atom is -0.360 e. The van der Waals surface area contributed by atoms with Crippen LogP contribution in [0.5, 0.6) is 0 Å². The predicted molar refractivity (Wildman–Crippen MR) is 99.0 cm³/mol. The Labute approximate surface area is 151 Å². The van der Waals surface area contributed by atoms with Crippen molar-refractivity contribution in [3.05, 3.63) is 23.7 Å². The van der Waals surface area contributed by atoms with Crippen molar-refractivity contribution in [1.29, 1.82) is 0 Å². The third-order valence-corrected chi connectivity index (χ3v) is 6.94. The van der Waals surface area contributed by atoms with Crippen molar-refractivity contribution in [3.8, 4) is 11.4 Å². The number of H-pyrrole nitrogens is 1. The van der Waals surface area contributed by atoms with Gasteiger partial charge in [-0.05, 0) is 25.0 Å². The van der Waals surface area contributed by atoms with Gasteiger partial charge in [0.1, 0.15) is 6.04 Å². The highest BCUT2D eigenvalue weighted by Gasteiger charge is 2.38. The fourth-order valence-electron chi connectivity index (χ4n) is 2.95. The van der Waals surface area contributed by atoms with Crippen LogP contribution in [0, 0.1) is 0 Å². The number of aromatic nitrogens is 2. The van der Waals surface area contributed by atoms with Crippen LogP contribution < -0.4 is 5.32 Å². The Morgan fingerprint density at radius 1 is 1.52 bits per heavy atom. The maximum atomic E-state index is 12.7. The van der Waals surface area contributed by atoms with Crippen molar-refractivity contribution in [2.45, 2.75) is 38.6 Å². The number of unbranched alkanes of at least 4 members (excludes halogenated alkanes) is 1. The number of hydrogen-bond acceptors (Lipinski definition) is 5. The van der Waals surface area contributed by atoms with Crippen molar-refractivity contribution < 1.29 is 13.2 Å². The van der Waals surface area contributed by atoms with Crippen LogP contribution in [-0.4, -0.2) is 46.9 Å². The maximum Gasteiger partial charge on any atom is 0.244 e. The predicted octanol–water partition coefficient (Wildman–Crippen LogP) is 2.67. The highest BCUT2D eigenvalue weighted by Crippen LogP contribution is 2.26. The largest absolute Gasteiger partial charge is 0.360 e. The third kappa shape index (κ3) is 4.10. The Bertz CT molecular complexity index is 814. The van der Waals surface area contributed by atoms with Gasteiger partial charge in [-0.15, -0.1) is 11.3 Å². The van der Waals surface area contributed by atoms with Gasteiger partial charge in [0.05, 0.1) is 17.1 Å². The van der Waals surface area contributed by atoms with Gasteiger partial charge in [0.2, 0.25) is 15.9 Å². The third-order valence-electron chi connectivity index (χ3n) is 4.23. The Morgan fingerprint density at radius 3 is 3.00 bits per heavy atom. The fourth-order valence-corrected chi connectivity index (χ4v) is 5.38. The Balaban J connectivity index is 1.74. The molecule has 2 aromatic rings. The topological polar surface area (TPSA) is 95.2 Å². The summed E-state index contributed by atoms with van der Waals surface area (Å²) in [6, 6.07) is 3.12. The highest BCUT2D eigenvalue weighted by molar-refractivity contribution is 7.89.